The van der Waals surface area contributed by atoms with Crippen LogP contribution in [-0.2, 0) is 7.05 Å². The number of hydrogen-bond acceptors (Lipinski definition) is 3. The Morgan fingerprint density at radius 2 is 2.18 bits per heavy atom. The molecule has 88 valence electrons. The fourth-order valence-electron chi connectivity index (χ4n) is 1.48. The molecule has 0 saturated heterocycles. The number of aryl methyl sites for hydroxylation is 2. The van der Waals surface area contributed by atoms with Gasteiger partial charge in [0.05, 0.1) is 19.0 Å². The van der Waals surface area contributed by atoms with E-state index in [2.05, 4.69) is 10.1 Å². The summed E-state index contributed by atoms with van der Waals surface area (Å²) in [7, 11) is 3.56. The van der Waals surface area contributed by atoms with Gasteiger partial charge in [-0.3, -0.25) is 9.67 Å². The van der Waals surface area contributed by atoms with E-state index in [1.165, 1.54) is 0 Å². The normalized spacial score (nSPS) is 11.0. The number of aromatic nitrogens is 2. The predicted molar refractivity (Wildman–Crippen MR) is 68.2 cm³/mol. The number of methoxy groups -OCH3 is 1. The smallest absolute Gasteiger partial charge is 0.121 e. The second-order valence-corrected chi connectivity index (χ2v) is 3.79. The van der Waals surface area contributed by atoms with Crippen molar-refractivity contribution in [3.63, 3.8) is 0 Å². The summed E-state index contributed by atoms with van der Waals surface area (Å²) in [5.74, 6) is 0.803. The Labute approximate surface area is 101 Å². The van der Waals surface area contributed by atoms with Gasteiger partial charge in [-0.25, -0.2) is 0 Å². The SMILES string of the molecule is COc1cccc(N=Cc2cc(C)n(C)n2)c1. The Kier molecular flexibility index (Phi) is 3.23. The van der Waals surface area contributed by atoms with E-state index < -0.39 is 0 Å². The van der Waals surface area contributed by atoms with E-state index in [0.29, 0.717) is 0 Å². The monoisotopic (exact) mass is 229 g/mol. The van der Waals surface area contributed by atoms with Crippen molar-refractivity contribution in [3.05, 3.63) is 41.7 Å². The van der Waals surface area contributed by atoms with Gasteiger partial charge in [0.15, 0.2) is 0 Å². The van der Waals surface area contributed by atoms with E-state index in [9.17, 15) is 0 Å². The zero-order valence-corrected chi connectivity index (χ0v) is 10.2. The molecule has 0 saturated carbocycles. The summed E-state index contributed by atoms with van der Waals surface area (Å²) in [6.07, 6.45) is 1.75. The van der Waals surface area contributed by atoms with Crippen molar-refractivity contribution in [1.82, 2.24) is 9.78 Å². The quantitative estimate of drug-likeness (QED) is 0.758. The van der Waals surface area contributed by atoms with E-state index in [1.807, 2.05) is 49.0 Å². The number of ether oxygens (including phenoxy) is 1. The van der Waals surface area contributed by atoms with E-state index in [1.54, 1.807) is 13.3 Å². The summed E-state index contributed by atoms with van der Waals surface area (Å²) < 4.78 is 6.96. The lowest BCUT2D eigenvalue weighted by Crippen LogP contribution is -1.93. The Bertz CT molecular complexity index is 524. The van der Waals surface area contributed by atoms with Gasteiger partial charge in [-0.2, -0.15) is 5.10 Å². The predicted octanol–water partition coefficient (Wildman–Crippen LogP) is 2.49. The van der Waals surface area contributed by atoms with Crippen molar-refractivity contribution in [3.8, 4) is 5.75 Å². The Morgan fingerprint density at radius 1 is 1.35 bits per heavy atom. The Balaban J connectivity index is 2.19. The highest BCUT2D eigenvalue weighted by Gasteiger charge is 1.98. The zero-order chi connectivity index (χ0) is 12.3. The van der Waals surface area contributed by atoms with Gasteiger partial charge in [-0.05, 0) is 25.1 Å². The van der Waals surface area contributed by atoms with Crippen molar-refractivity contribution >= 4 is 11.9 Å². The van der Waals surface area contributed by atoms with Crippen molar-refractivity contribution < 1.29 is 4.74 Å². The van der Waals surface area contributed by atoms with E-state index in [-0.39, 0.29) is 0 Å². The third kappa shape index (κ3) is 2.72. The summed E-state index contributed by atoms with van der Waals surface area (Å²) >= 11 is 0. The molecule has 0 atom stereocenters. The van der Waals surface area contributed by atoms with Crippen LogP contribution in [0.1, 0.15) is 11.4 Å². The first kappa shape index (κ1) is 11.4. The molecule has 0 spiro atoms. The lowest BCUT2D eigenvalue weighted by atomic mass is 10.3. The number of aliphatic imine (C=N–C) groups is 1. The fraction of sp³-hybridized carbons (Fsp3) is 0.231. The third-order valence-electron chi connectivity index (χ3n) is 2.53. The van der Waals surface area contributed by atoms with Gasteiger partial charge in [0, 0.05) is 18.8 Å². The molecule has 0 aliphatic rings. The van der Waals surface area contributed by atoms with Crippen LogP contribution in [0.5, 0.6) is 5.75 Å². The molecule has 1 aromatic heterocycles. The molecule has 1 aromatic carbocycles. The van der Waals surface area contributed by atoms with Crippen LogP contribution in [0, 0.1) is 6.92 Å². The molecule has 0 unspecified atom stereocenters. The van der Waals surface area contributed by atoms with Crippen LogP contribution in [-0.4, -0.2) is 23.1 Å². The third-order valence-corrected chi connectivity index (χ3v) is 2.53. The molecule has 1 heterocycles. The lowest BCUT2D eigenvalue weighted by molar-refractivity contribution is 0.415. The van der Waals surface area contributed by atoms with E-state index in [4.69, 9.17) is 4.74 Å². The molecule has 0 N–H and O–H groups in total. The van der Waals surface area contributed by atoms with Gasteiger partial charge < -0.3 is 4.74 Å². The molecular formula is C13H15N3O. The first-order valence-corrected chi connectivity index (χ1v) is 5.38. The summed E-state index contributed by atoms with van der Waals surface area (Å²) in [6, 6.07) is 9.60. The van der Waals surface area contributed by atoms with Crippen LogP contribution in [0.3, 0.4) is 0 Å². The van der Waals surface area contributed by atoms with Crippen molar-refractivity contribution in [2.24, 2.45) is 12.0 Å². The van der Waals surface area contributed by atoms with Crippen molar-refractivity contribution in [1.29, 1.82) is 0 Å². The van der Waals surface area contributed by atoms with Crippen LogP contribution in [0.2, 0.25) is 0 Å². The van der Waals surface area contributed by atoms with Crippen LogP contribution in [0.25, 0.3) is 0 Å². The first-order valence-electron chi connectivity index (χ1n) is 5.38. The second-order valence-electron chi connectivity index (χ2n) is 3.79. The van der Waals surface area contributed by atoms with Crippen LogP contribution in [0.4, 0.5) is 5.69 Å². The maximum atomic E-state index is 5.14. The Hall–Kier alpha value is -2.10. The standard InChI is InChI=1S/C13H15N3O/c1-10-7-12(15-16(10)2)9-14-11-5-4-6-13(8-11)17-3/h4-9H,1-3H3. The van der Waals surface area contributed by atoms with Gasteiger partial charge in [-0.1, -0.05) is 6.07 Å². The number of benzene rings is 1. The van der Waals surface area contributed by atoms with Crippen LogP contribution in [0.15, 0.2) is 35.3 Å². The molecule has 0 aliphatic carbocycles. The maximum Gasteiger partial charge on any atom is 0.121 e. The van der Waals surface area contributed by atoms with Crippen LogP contribution >= 0.6 is 0 Å². The average molecular weight is 229 g/mol. The molecule has 4 nitrogen and oxygen atoms in total. The summed E-state index contributed by atoms with van der Waals surface area (Å²) in [6.45, 7) is 2.01. The first-order chi connectivity index (χ1) is 8.19. The molecule has 2 aromatic rings. The highest BCUT2D eigenvalue weighted by Crippen LogP contribution is 2.19. The molecule has 4 heteroatoms. The largest absolute Gasteiger partial charge is 0.497 e. The number of rotatable bonds is 3. The fourth-order valence-corrected chi connectivity index (χ4v) is 1.48. The van der Waals surface area contributed by atoms with Gasteiger partial charge in [0.25, 0.3) is 0 Å². The zero-order valence-electron chi connectivity index (χ0n) is 10.2. The minimum absolute atomic E-state index is 0.803. The summed E-state index contributed by atoms with van der Waals surface area (Å²) in [5, 5.41) is 4.30. The maximum absolute atomic E-state index is 5.14. The molecule has 0 radical (unpaired) electrons. The molecule has 0 fully saturated rings. The van der Waals surface area contributed by atoms with Crippen LogP contribution < -0.4 is 4.74 Å². The molecule has 0 aliphatic heterocycles. The number of nitrogens with zero attached hydrogens (tertiary/aromatic N) is 3. The molecule has 0 bridgehead atoms. The molecular weight excluding hydrogens is 214 g/mol. The second kappa shape index (κ2) is 4.82. The minimum Gasteiger partial charge on any atom is -0.497 e. The highest BCUT2D eigenvalue weighted by molar-refractivity contribution is 5.79. The van der Waals surface area contributed by atoms with Crippen molar-refractivity contribution in [2.45, 2.75) is 6.92 Å². The van der Waals surface area contributed by atoms with E-state index >= 15 is 0 Å². The highest BCUT2D eigenvalue weighted by atomic mass is 16.5. The molecule has 0 amide bonds. The molecule has 17 heavy (non-hydrogen) atoms. The lowest BCUT2D eigenvalue weighted by Gasteiger charge is -1.99. The van der Waals surface area contributed by atoms with Gasteiger partial charge in [-0.15, -0.1) is 0 Å². The summed E-state index contributed by atoms with van der Waals surface area (Å²) in [5.41, 5.74) is 2.82. The average Bonchev–Trinajstić information content (AvgIpc) is 2.67. The van der Waals surface area contributed by atoms with Gasteiger partial charge in [0.1, 0.15) is 11.4 Å². The molecule has 2 rings (SSSR count). The van der Waals surface area contributed by atoms with E-state index in [0.717, 1.165) is 22.8 Å². The van der Waals surface area contributed by atoms with Gasteiger partial charge in [0.2, 0.25) is 0 Å². The number of hydrogen-bond donors (Lipinski definition) is 0. The van der Waals surface area contributed by atoms with Crippen molar-refractivity contribution in [2.75, 3.05) is 7.11 Å². The van der Waals surface area contributed by atoms with Gasteiger partial charge >= 0.3 is 0 Å². The topological polar surface area (TPSA) is 39.4 Å². The summed E-state index contributed by atoms with van der Waals surface area (Å²) in [4.78, 5) is 4.36. The minimum atomic E-state index is 0.803. The Morgan fingerprint density at radius 3 is 2.82 bits per heavy atom.